The molecule has 1 aromatic carbocycles. The number of nitrogens with zero attached hydrogens (tertiary/aromatic N) is 1. The molecule has 2 atom stereocenters. The molecular formula is C17H23Cl2NOZr. The molecule has 2 saturated carbocycles. The predicted molar refractivity (Wildman–Crippen MR) is 90.6 cm³/mol. The van der Waals surface area contributed by atoms with Crippen LogP contribution < -0.4 is 0 Å². The fourth-order valence-corrected chi connectivity index (χ4v) is 3.79. The van der Waals surface area contributed by atoms with Crippen LogP contribution in [0.5, 0.6) is 5.75 Å². The van der Waals surface area contributed by atoms with Gasteiger partial charge in [0.25, 0.3) is 0 Å². The first-order valence-electron chi connectivity index (χ1n) is 7.92. The van der Waals surface area contributed by atoms with E-state index < -0.39 is 20.8 Å². The summed E-state index contributed by atoms with van der Waals surface area (Å²) in [7, 11) is 9.87. The van der Waals surface area contributed by atoms with Gasteiger partial charge < -0.3 is 5.11 Å². The molecule has 2 aliphatic rings. The number of rotatable bonds is 2. The number of aromatic hydroxyl groups is 1. The molecule has 2 unspecified atom stereocenters. The Hall–Kier alpha value is 0.153. The molecule has 0 saturated heterocycles. The first-order valence-corrected chi connectivity index (χ1v) is 14.2. The summed E-state index contributed by atoms with van der Waals surface area (Å²) < 4.78 is 0. The molecule has 2 bridgehead atoms. The third-order valence-electron chi connectivity index (χ3n) is 4.80. The normalized spacial score (nSPS) is 27.1. The van der Waals surface area contributed by atoms with Gasteiger partial charge in [0.15, 0.2) is 0 Å². The molecule has 2 fully saturated rings. The van der Waals surface area contributed by atoms with E-state index >= 15 is 0 Å². The van der Waals surface area contributed by atoms with Gasteiger partial charge in [-0.2, -0.15) is 0 Å². The van der Waals surface area contributed by atoms with Crippen molar-refractivity contribution in [3.63, 3.8) is 0 Å². The minimum absolute atomic E-state index is 0.377. The number of para-hydroxylation sites is 1. The number of aryl methyl sites for hydroxylation is 1. The molecule has 1 N–H and O–H groups in total. The average Bonchev–Trinajstić information content (AvgIpc) is 2.49. The summed E-state index contributed by atoms with van der Waals surface area (Å²) in [5.41, 5.74) is 1.78. The van der Waals surface area contributed by atoms with Gasteiger partial charge in [-0.25, -0.2) is 0 Å². The van der Waals surface area contributed by atoms with Crippen LogP contribution in [-0.2, 0) is 20.8 Å². The van der Waals surface area contributed by atoms with Crippen molar-refractivity contribution in [1.29, 1.82) is 0 Å². The van der Waals surface area contributed by atoms with Crippen molar-refractivity contribution in [2.24, 2.45) is 16.8 Å². The van der Waals surface area contributed by atoms with Crippen LogP contribution in [0.2, 0.25) is 0 Å². The second-order valence-electron chi connectivity index (χ2n) is 6.39. The van der Waals surface area contributed by atoms with Crippen molar-refractivity contribution >= 4 is 23.2 Å². The molecule has 0 heterocycles. The van der Waals surface area contributed by atoms with E-state index in [9.17, 15) is 5.11 Å². The van der Waals surface area contributed by atoms with Crippen molar-refractivity contribution in [3.05, 3.63) is 29.3 Å². The number of phenols is 1. The van der Waals surface area contributed by atoms with Crippen LogP contribution in [0.25, 0.3) is 0 Å². The fraction of sp³-hybridized carbons (Fsp3) is 0.588. The van der Waals surface area contributed by atoms with Gasteiger partial charge in [-0.3, -0.25) is 4.99 Å². The number of hydrogen-bond donors (Lipinski definition) is 1. The van der Waals surface area contributed by atoms with Gasteiger partial charge in [0.1, 0.15) is 5.75 Å². The van der Waals surface area contributed by atoms with E-state index in [2.05, 4.69) is 0 Å². The monoisotopic (exact) mass is 417 g/mol. The molecule has 22 heavy (non-hydrogen) atoms. The van der Waals surface area contributed by atoms with Gasteiger partial charge in [0.2, 0.25) is 0 Å². The molecule has 0 amide bonds. The number of halogens is 2. The van der Waals surface area contributed by atoms with Gasteiger partial charge in [-0.1, -0.05) is 31.4 Å². The Morgan fingerprint density at radius 2 is 1.82 bits per heavy atom. The molecule has 0 radical (unpaired) electrons. The predicted octanol–water partition coefficient (Wildman–Crippen LogP) is 5.46. The maximum atomic E-state index is 10.00. The Labute approximate surface area is 152 Å². The van der Waals surface area contributed by atoms with E-state index in [1.165, 1.54) is 38.5 Å². The second kappa shape index (κ2) is 9.45. The number of phenolic OH excluding ortho intramolecular Hbond substituents is 1. The number of fused-ring (bicyclic) bond motifs is 2. The standard InChI is InChI=1S/C17H23NO.2ClH.Zr/c1-12-4-2-7-15(17(12)19)11-18-16-9-13-5-3-6-14(8-13)10-16;;;/h2,4,7,11,13-14,16,19H,3,5-6,8-10H2,1H3;2*1H;/q;;;+2/p-2. The van der Waals surface area contributed by atoms with Gasteiger partial charge in [0.05, 0.1) is 6.04 Å². The van der Waals surface area contributed by atoms with E-state index in [1.807, 2.05) is 31.3 Å². The summed E-state index contributed by atoms with van der Waals surface area (Å²) in [4.78, 5) is 4.75. The summed E-state index contributed by atoms with van der Waals surface area (Å²) in [6, 6.07) is 6.32. The summed E-state index contributed by atoms with van der Waals surface area (Å²) in [6.45, 7) is 1.93. The number of aliphatic imine (C=N–C) groups is 1. The third kappa shape index (κ3) is 5.36. The topological polar surface area (TPSA) is 32.6 Å². The summed E-state index contributed by atoms with van der Waals surface area (Å²) in [5.74, 6) is 2.18. The number of benzene rings is 1. The molecule has 0 aromatic heterocycles. The van der Waals surface area contributed by atoms with Crippen molar-refractivity contribution in [2.75, 3.05) is 0 Å². The van der Waals surface area contributed by atoms with Crippen LogP contribution in [0.4, 0.5) is 0 Å². The molecule has 0 aliphatic heterocycles. The quantitative estimate of drug-likeness (QED) is 0.634. The molecule has 2 aliphatic carbocycles. The number of hydrogen-bond acceptors (Lipinski definition) is 2. The second-order valence-corrected chi connectivity index (χ2v) is 10.1. The van der Waals surface area contributed by atoms with E-state index in [0.29, 0.717) is 11.8 Å². The SMILES string of the molecule is Cc1cccc(C=NC2CC3CCCC(C3)C2)c1O.[Cl][Zr][Cl]. The summed E-state index contributed by atoms with van der Waals surface area (Å²) in [6.07, 6.45) is 10.0. The summed E-state index contributed by atoms with van der Waals surface area (Å²) in [5, 5.41) is 10.00. The zero-order chi connectivity index (χ0) is 15.9. The molecule has 2 nitrogen and oxygen atoms in total. The van der Waals surface area contributed by atoms with E-state index in [4.69, 9.17) is 22.0 Å². The van der Waals surface area contributed by atoms with Crippen LogP contribution in [-0.4, -0.2) is 17.4 Å². The molecule has 120 valence electrons. The van der Waals surface area contributed by atoms with E-state index in [0.717, 1.165) is 23.0 Å². The third-order valence-corrected chi connectivity index (χ3v) is 4.80. The first-order chi connectivity index (χ1) is 10.6. The van der Waals surface area contributed by atoms with Gasteiger partial charge in [-0.15, -0.1) is 0 Å². The van der Waals surface area contributed by atoms with E-state index in [1.54, 1.807) is 0 Å². The van der Waals surface area contributed by atoms with Crippen molar-refractivity contribution in [1.82, 2.24) is 0 Å². The van der Waals surface area contributed by atoms with Crippen LogP contribution in [0.3, 0.4) is 0 Å². The van der Waals surface area contributed by atoms with Crippen molar-refractivity contribution in [2.45, 2.75) is 51.5 Å². The Morgan fingerprint density at radius 1 is 1.18 bits per heavy atom. The van der Waals surface area contributed by atoms with Crippen LogP contribution in [0, 0.1) is 18.8 Å². The van der Waals surface area contributed by atoms with Crippen LogP contribution in [0.1, 0.15) is 49.7 Å². The first kappa shape index (κ1) is 18.5. The Balaban J connectivity index is 0.000000545. The molecule has 5 heteroatoms. The minimum atomic E-state index is -0.826. The average molecular weight is 420 g/mol. The zero-order valence-electron chi connectivity index (χ0n) is 12.9. The van der Waals surface area contributed by atoms with Crippen LogP contribution >= 0.6 is 17.0 Å². The summed E-state index contributed by atoms with van der Waals surface area (Å²) >= 11 is -0.826. The molecule has 1 aromatic rings. The zero-order valence-corrected chi connectivity index (χ0v) is 16.9. The Morgan fingerprint density at radius 3 is 2.45 bits per heavy atom. The van der Waals surface area contributed by atoms with Crippen LogP contribution in [0.15, 0.2) is 23.2 Å². The van der Waals surface area contributed by atoms with E-state index in [-0.39, 0.29) is 0 Å². The van der Waals surface area contributed by atoms with Crippen molar-refractivity contribution < 1.29 is 26.0 Å². The maximum absolute atomic E-state index is 10.00. The Kier molecular flexibility index (Phi) is 7.94. The van der Waals surface area contributed by atoms with Gasteiger partial charge in [0, 0.05) is 11.8 Å². The molecule has 3 rings (SSSR count). The van der Waals surface area contributed by atoms with Gasteiger partial charge in [-0.05, 0) is 49.7 Å². The van der Waals surface area contributed by atoms with Gasteiger partial charge >= 0.3 is 37.9 Å². The molecular weight excluding hydrogens is 396 g/mol. The molecule has 0 spiro atoms. The Bertz CT molecular complexity index is 497. The van der Waals surface area contributed by atoms with Crippen molar-refractivity contribution in [3.8, 4) is 5.75 Å². The fourth-order valence-electron chi connectivity index (χ4n) is 3.79.